The van der Waals surface area contributed by atoms with Gasteiger partial charge in [0.25, 0.3) is 5.56 Å². The first-order valence-electron chi connectivity index (χ1n) is 6.72. The average molecular weight is 279 g/mol. The van der Waals surface area contributed by atoms with E-state index in [1.165, 1.54) is 0 Å². The Balaban J connectivity index is 2.13. The van der Waals surface area contributed by atoms with E-state index in [1.54, 1.807) is 13.2 Å². The summed E-state index contributed by atoms with van der Waals surface area (Å²) in [6.07, 6.45) is -0.734. The molecule has 4 nitrogen and oxygen atoms in total. The highest BCUT2D eigenvalue weighted by atomic mass is 16.5. The largest absolute Gasteiger partial charge is 0.497 e. The Hall–Kier alpha value is -2.59. The van der Waals surface area contributed by atoms with Gasteiger partial charge in [-0.1, -0.05) is 24.3 Å². The second-order valence-electron chi connectivity index (χ2n) is 5.14. The zero-order valence-corrected chi connectivity index (χ0v) is 11.4. The van der Waals surface area contributed by atoms with Crippen LogP contribution in [-0.4, -0.2) is 17.2 Å². The van der Waals surface area contributed by atoms with Gasteiger partial charge in [0.1, 0.15) is 11.9 Å². The third-order valence-corrected chi connectivity index (χ3v) is 4.07. The van der Waals surface area contributed by atoms with Crippen LogP contribution in [-0.2, 0) is 0 Å². The molecule has 4 rings (SSSR count). The van der Waals surface area contributed by atoms with E-state index in [4.69, 9.17) is 4.74 Å². The molecule has 0 spiro atoms. The topological polar surface area (TPSA) is 62.3 Å². The summed E-state index contributed by atoms with van der Waals surface area (Å²) >= 11 is 0. The first kappa shape index (κ1) is 12.2. The number of hydrogen-bond acceptors (Lipinski definition) is 3. The van der Waals surface area contributed by atoms with Gasteiger partial charge in [0.15, 0.2) is 0 Å². The summed E-state index contributed by atoms with van der Waals surface area (Å²) in [7, 11) is 1.59. The van der Waals surface area contributed by atoms with E-state index in [-0.39, 0.29) is 5.56 Å². The maximum atomic E-state index is 12.2. The molecule has 1 unspecified atom stereocenters. The zero-order chi connectivity index (χ0) is 14.6. The van der Waals surface area contributed by atoms with Crippen molar-refractivity contribution in [2.24, 2.45) is 0 Å². The fraction of sp³-hybridized carbons (Fsp3) is 0.118. The maximum Gasteiger partial charge on any atom is 0.256 e. The summed E-state index contributed by atoms with van der Waals surface area (Å²) in [6, 6.07) is 12.8. The van der Waals surface area contributed by atoms with E-state index < -0.39 is 6.10 Å². The Bertz CT molecular complexity index is 927. The maximum absolute atomic E-state index is 12.2. The Morgan fingerprint density at radius 2 is 1.90 bits per heavy atom. The number of aliphatic hydroxyl groups excluding tert-OH is 1. The smallest absolute Gasteiger partial charge is 0.256 e. The Morgan fingerprint density at radius 3 is 2.67 bits per heavy atom. The third-order valence-electron chi connectivity index (χ3n) is 4.07. The minimum atomic E-state index is -0.734. The van der Waals surface area contributed by atoms with Crippen LogP contribution in [0.2, 0.25) is 0 Å². The number of pyridine rings is 1. The van der Waals surface area contributed by atoms with Crippen LogP contribution in [0.1, 0.15) is 17.2 Å². The van der Waals surface area contributed by atoms with E-state index in [2.05, 4.69) is 4.98 Å². The number of benzene rings is 2. The van der Waals surface area contributed by atoms with E-state index in [9.17, 15) is 9.90 Å². The van der Waals surface area contributed by atoms with Crippen molar-refractivity contribution in [2.75, 3.05) is 7.11 Å². The van der Waals surface area contributed by atoms with Crippen molar-refractivity contribution in [3.05, 3.63) is 63.9 Å². The summed E-state index contributed by atoms with van der Waals surface area (Å²) < 4.78 is 5.23. The van der Waals surface area contributed by atoms with Gasteiger partial charge >= 0.3 is 0 Å². The molecule has 1 aromatic heterocycles. The SMILES string of the molecule is COc1ccc2c(c1)-c1[nH]c(=O)c3ccccc3c1C2O. The zero-order valence-electron chi connectivity index (χ0n) is 11.4. The molecule has 0 bridgehead atoms. The first-order valence-corrected chi connectivity index (χ1v) is 6.72. The van der Waals surface area contributed by atoms with Gasteiger partial charge in [0.2, 0.25) is 0 Å². The van der Waals surface area contributed by atoms with Crippen LogP contribution in [0.3, 0.4) is 0 Å². The molecule has 1 atom stereocenters. The second-order valence-corrected chi connectivity index (χ2v) is 5.14. The number of methoxy groups -OCH3 is 1. The molecule has 104 valence electrons. The van der Waals surface area contributed by atoms with Crippen LogP contribution in [0.25, 0.3) is 22.0 Å². The lowest BCUT2D eigenvalue weighted by Gasteiger charge is -2.08. The van der Waals surface area contributed by atoms with Crippen molar-refractivity contribution in [3.8, 4) is 17.0 Å². The quantitative estimate of drug-likeness (QED) is 0.719. The predicted octanol–water partition coefficient (Wildman–Crippen LogP) is 2.60. The van der Waals surface area contributed by atoms with E-state index in [1.807, 2.05) is 36.4 Å². The molecular formula is C17H13NO3. The van der Waals surface area contributed by atoms with Crippen molar-refractivity contribution in [3.63, 3.8) is 0 Å². The number of aromatic amines is 1. The lowest BCUT2D eigenvalue weighted by molar-refractivity contribution is 0.226. The van der Waals surface area contributed by atoms with Crippen molar-refractivity contribution in [1.29, 1.82) is 0 Å². The number of hydrogen-bond donors (Lipinski definition) is 2. The standard InChI is InChI=1S/C17H13NO3/c1-21-9-6-7-11-13(8-9)15-14(16(11)19)10-4-2-3-5-12(10)17(20)18-15/h2-8,16,19H,1H3,(H,18,20). The summed E-state index contributed by atoms with van der Waals surface area (Å²) in [6.45, 7) is 0. The van der Waals surface area contributed by atoms with Crippen LogP contribution >= 0.6 is 0 Å². The molecule has 1 aliphatic rings. The van der Waals surface area contributed by atoms with Gasteiger partial charge in [-0.15, -0.1) is 0 Å². The fourth-order valence-electron chi connectivity index (χ4n) is 3.07. The molecule has 3 aromatic rings. The van der Waals surface area contributed by atoms with Gasteiger partial charge in [-0.05, 0) is 29.1 Å². The number of ether oxygens (including phenoxy) is 1. The van der Waals surface area contributed by atoms with Crippen molar-refractivity contribution in [1.82, 2.24) is 4.98 Å². The molecule has 0 aliphatic heterocycles. The normalized spacial score (nSPS) is 15.8. The van der Waals surface area contributed by atoms with Crippen LogP contribution < -0.4 is 10.3 Å². The molecule has 1 heterocycles. The summed E-state index contributed by atoms with van der Waals surface area (Å²) in [5, 5.41) is 12.0. The average Bonchev–Trinajstić information content (AvgIpc) is 2.80. The lowest BCUT2D eigenvalue weighted by Crippen LogP contribution is -2.09. The number of fused-ring (bicyclic) bond motifs is 5. The predicted molar refractivity (Wildman–Crippen MR) is 80.6 cm³/mol. The minimum absolute atomic E-state index is 0.146. The minimum Gasteiger partial charge on any atom is -0.497 e. The molecule has 0 saturated carbocycles. The van der Waals surface area contributed by atoms with E-state index >= 15 is 0 Å². The van der Waals surface area contributed by atoms with E-state index in [0.29, 0.717) is 16.8 Å². The number of H-pyrrole nitrogens is 1. The lowest BCUT2D eigenvalue weighted by atomic mass is 10.0. The Labute approximate surface area is 120 Å². The van der Waals surface area contributed by atoms with Crippen molar-refractivity contribution < 1.29 is 9.84 Å². The highest BCUT2D eigenvalue weighted by Crippen LogP contribution is 2.45. The van der Waals surface area contributed by atoms with Gasteiger partial charge < -0.3 is 14.8 Å². The summed E-state index contributed by atoms with van der Waals surface area (Å²) in [5.74, 6) is 0.697. The molecule has 2 N–H and O–H groups in total. The number of rotatable bonds is 1. The highest BCUT2D eigenvalue weighted by molar-refractivity contribution is 5.93. The van der Waals surface area contributed by atoms with Crippen LogP contribution in [0.4, 0.5) is 0 Å². The molecule has 0 radical (unpaired) electrons. The Kier molecular flexibility index (Phi) is 2.43. The summed E-state index contributed by atoms with van der Waals surface area (Å²) in [5.41, 5.74) is 2.90. The third kappa shape index (κ3) is 1.56. The highest BCUT2D eigenvalue weighted by Gasteiger charge is 2.30. The van der Waals surface area contributed by atoms with Gasteiger partial charge in [-0.25, -0.2) is 0 Å². The van der Waals surface area contributed by atoms with Gasteiger partial charge in [-0.2, -0.15) is 0 Å². The molecule has 21 heavy (non-hydrogen) atoms. The molecule has 4 heteroatoms. The van der Waals surface area contributed by atoms with Crippen LogP contribution in [0, 0.1) is 0 Å². The number of nitrogens with one attached hydrogen (secondary N) is 1. The van der Waals surface area contributed by atoms with Crippen molar-refractivity contribution >= 4 is 10.8 Å². The number of aromatic nitrogens is 1. The summed E-state index contributed by atoms with van der Waals surface area (Å²) in [4.78, 5) is 15.1. The first-order chi connectivity index (χ1) is 10.2. The fourth-order valence-corrected chi connectivity index (χ4v) is 3.07. The monoisotopic (exact) mass is 279 g/mol. The molecule has 0 amide bonds. The van der Waals surface area contributed by atoms with E-state index in [0.717, 1.165) is 22.1 Å². The molecule has 2 aromatic carbocycles. The molecule has 1 aliphatic carbocycles. The molecule has 0 saturated heterocycles. The Morgan fingerprint density at radius 1 is 1.14 bits per heavy atom. The van der Waals surface area contributed by atoms with Crippen molar-refractivity contribution in [2.45, 2.75) is 6.10 Å². The second kappa shape index (κ2) is 4.20. The molecule has 0 fully saturated rings. The number of aliphatic hydroxyl groups is 1. The van der Waals surface area contributed by atoms with Gasteiger partial charge in [-0.3, -0.25) is 4.79 Å². The van der Waals surface area contributed by atoms with Gasteiger partial charge in [0.05, 0.1) is 12.8 Å². The van der Waals surface area contributed by atoms with Crippen LogP contribution in [0.5, 0.6) is 5.75 Å². The molecular weight excluding hydrogens is 266 g/mol. The van der Waals surface area contributed by atoms with Crippen LogP contribution in [0.15, 0.2) is 47.3 Å². The van der Waals surface area contributed by atoms with Gasteiger partial charge in [0, 0.05) is 16.5 Å².